The van der Waals surface area contributed by atoms with Crippen LogP contribution >= 0.6 is 34.2 Å². The predicted octanol–water partition coefficient (Wildman–Crippen LogP) is 6.25. The molecule has 27 heavy (non-hydrogen) atoms. The van der Waals surface area contributed by atoms with Crippen LogP contribution in [-0.2, 0) is 23.9 Å². The molecule has 0 N–H and O–H groups in total. The Balaban J connectivity index is 2.37. The van der Waals surface area contributed by atoms with Gasteiger partial charge in [0.05, 0.1) is 12.7 Å². The van der Waals surface area contributed by atoms with Crippen molar-refractivity contribution in [2.24, 2.45) is 0 Å². The molecule has 0 aliphatic heterocycles. The van der Waals surface area contributed by atoms with Crippen LogP contribution in [0.1, 0.15) is 23.6 Å². The van der Waals surface area contributed by atoms with Gasteiger partial charge in [0, 0.05) is 14.2 Å². The molecule has 0 fully saturated rings. The molecule has 0 amide bonds. The van der Waals surface area contributed by atoms with Gasteiger partial charge in [-0.1, -0.05) is 24.6 Å². The Hall–Kier alpha value is -1.68. The zero-order valence-corrected chi connectivity index (χ0v) is 17.2. The molecule has 0 heterocycles. The van der Waals surface area contributed by atoms with E-state index in [1.54, 1.807) is 19.1 Å². The zero-order valence-electron chi connectivity index (χ0n) is 14.3. The molecule has 0 spiro atoms. The van der Waals surface area contributed by atoms with E-state index in [9.17, 15) is 18.0 Å². The minimum Gasteiger partial charge on any atom is -0.488 e. The molecule has 0 aliphatic rings. The summed E-state index contributed by atoms with van der Waals surface area (Å²) in [7, 11) is 1.15. The summed E-state index contributed by atoms with van der Waals surface area (Å²) in [6.45, 7) is 1.46. The Morgan fingerprint density at radius 2 is 1.93 bits per heavy atom. The number of hydrogen-bond donors (Lipinski definition) is 0. The second-order valence-corrected chi connectivity index (χ2v) is 6.92. The summed E-state index contributed by atoms with van der Waals surface area (Å²) in [6, 6.07) is 6.98. The molecular formula is C18H15ClF3IO4. The van der Waals surface area contributed by atoms with Crippen LogP contribution in [0.15, 0.2) is 30.3 Å². The van der Waals surface area contributed by atoms with E-state index in [4.69, 9.17) is 21.1 Å². The molecule has 2 aromatic carbocycles. The van der Waals surface area contributed by atoms with Crippen LogP contribution in [0.4, 0.5) is 18.0 Å². The third-order valence-corrected chi connectivity index (χ3v) is 5.01. The first-order valence-corrected chi connectivity index (χ1v) is 9.18. The van der Waals surface area contributed by atoms with Crippen molar-refractivity contribution in [3.8, 4) is 11.5 Å². The van der Waals surface area contributed by atoms with Crippen molar-refractivity contribution in [3.05, 3.63) is 55.6 Å². The number of alkyl halides is 3. The molecule has 9 heteroatoms. The maximum atomic E-state index is 13.4. The number of rotatable bonds is 5. The van der Waals surface area contributed by atoms with Gasteiger partial charge >= 0.3 is 12.3 Å². The van der Waals surface area contributed by atoms with E-state index in [-0.39, 0.29) is 17.4 Å². The Morgan fingerprint density at radius 1 is 1.22 bits per heavy atom. The van der Waals surface area contributed by atoms with Gasteiger partial charge in [-0.3, -0.25) is 0 Å². The molecule has 4 nitrogen and oxygen atoms in total. The van der Waals surface area contributed by atoms with Gasteiger partial charge in [0.1, 0.15) is 18.1 Å². The van der Waals surface area contributed by atoms with Crippen LogP contribution in [0.25, 0.3) is 0 Å². The number of benzene rings is 2. The summed E-state index contributed by atoms with van der Waals surface area (Å²) in [5, 5.41) is 0.189. The fourth-order valence-electron chi connectivity index (χ4n) is 2.27. The maximum Gasteiger partial charge on any atom is 0.513 e. The number of methoxy groups -OCH3 is 1. The first-order chi connectivity index (χ1) is 12.7. The molecule has 0 aromatic heterocycles. The van der Waals surface area contributed by atoms with Gasteiger partial charge in [-0.15, -0.1) is 0 Å². The molecule has 0 atom stereocenters. The van der Waals surface area contributed by atoms with E-state index in [2.05, 4.69) is 4.74 Å². The van der Waals surface area contributed by atoms with Crippen molar-refractivity contribution < 1.29 is 32.2 Å². The van der Waals surface area contributed by atoms with Crippen LogP contribution in [0.3, 0.4) is 0 Å². The molecule has 0 saturated heterocycles. The molecule has 0 radical (unpaired) electrons. The normalized spacial score (nSPS) is 11.2. The third-order valence-electron chi connectivity index (χ3n) is 3.64. The second-order valence-electron chi connectivity index (χ2n) is 5.35. The van der Waals surface area contributed by atoms with Crippen LogP contribution < -0.4 is 9.47 Å². The minimum absolute atomic E-state index is 0.138. The van der Waals surface area contributed by atoms with Crippen LogP contribution in [0.5, 0.6) is 11.5 Å². The second kappa shape index (κ2) is 9.01. The van der Waals surface area contributed by atoms with Crippen LogP contribution in [0, 0.1) is 3.57 Å². The van der Waals surface area contributed by atoms with Crippen molar-refractivity contribution in [1.29, 1.82) is 0 Å². The standard InChI is InChI=1S/C18H15ClF3IO4/c1-3-10-7-12(18(20,21)22)16(8-13(10)19)26-9-11-14(23)5-4-6-15(11)27-17(24)25-2/h4-8H,3,9H2,1-2H3. The minimum atomic E-state index is -4.60. The number of hydrogen-bond acceptors (Lipinski definition) is 4. The van der Waals surface area contributed by atoms with Gasteiger partial charge < -0.3 is 14.2 Å². The zero-order chi connectivity index (χ0) is 20.2. The summed E-state index contributed by atoms with van der Waals surface area (Å²) >= 11 is 8.02. The molecular weight excluding hydrogens is 500 g/mol. The van der Waals surface area contributed by atoms with Crippen molar-refractivity contribution in [1.82, 2.24) is 0 Å². The van der Waals surface area contributed by atoms with E-state index < -0.39 is 23.6 Å². The molecule has 146 valence electrons. The van der Waals surface area contributed by atoms with Crippen molar-refractivity contribution in [3.63, 3.8) is 0 Å². The largest absolute Gasteiger partial charge is 0.513 e. The van der Waals surface area contributed by atoms with Crippen LogP contribution in [-0.4, -0.2) is 13.3 Å². The molecule has 2 aromatic rings. The summed E-state index contributed by atoms with van der Waals surface area (Å²) in [4.78, 5) is 11.4. The number of ether oxygens (including phenoxy) is 3. The predicted molar refractivity (Wildman–Crippen MR) is 102 cm³/mol. The fraction of sp³-hybridized carbons (Fsp3) is 0.278. The lowest BCUT2D eigenvalue weighted by atomic mass is 10.1. The molecule has 2 rings (SSSR count). The van der Waals surface area contributed by atoms with Gasteiger partial charge in [0.2, 0.25) is 0 Å². The van der Waals surface area contributed by atoms with E-state index >= 15 is 0 Å². The lowest BCUT2D eigenvalue weighted by molar-refractivity contribution is -0.139. The Bertz CT molecular complexity index is 840. The number of carbonyl (C=O) groups excluding carboxylic acids is 1. The summed E-state index contributed by atoms with van der Waals surface area (Å²) in [6.07, 6.45) is -5.18. The van der Waals surface area contributed by atoms with E-state index in [0.29, 0.717) is 21.1 Å². The summed E-state index contributed by atoms with van der Waals surface area (Å²) in [5.74, 6) is -0.257. The van der Waals surface area contributed by atoms with E-state index in [1.807, 2.05) is 22.6 Å². The highest BCUT2D eigenvalue weighted by atomic mass is 127. The van der Waals surface area contributed by atoms with Gasteiger partial charge in [0.15, 0.2) is 0 Å². The number of carbonyl (C=O) groups is 1. The van der Waals surface area contributed by atoms with Crippen molar-refractivity contribution in [2.45, 2.75) is 26.1 Å². The smallest absolute Gasteiger partial charge is 0.488 e. The maximum absolute atomic E-state index is 13.4. The molecule has 0 unspecified atom stereocenters. The third kappa shape index (κ3) is 5.41. The molecule has 0 bridgehead atoms. The highest BCUT2D eigenvalue weighted by Crippen LogP contribution is 2.40. The Labute approximate surface area is 172 Å². The molecule has 0 aliphatic carbocycles. The van der Waals surface area contributed by atoms with Gasteiger partial charge in [-0.25, -0.2) is 4.79 Å². The van der Waals surface area contributed by atoms with Crippen molar-refractivity contribution in [2.75, 3.05) is 7.11 Å². The summed E-state index contributed by atoms with van der Waals surface area (Å²) < 4.78 is 55.7. The first-order valence-electron chi connectivity index (χ1n) is 7.73. The van der Waals surface area contributed by atoms with Gasteiger partial charge in [-0.2, -0.15) is 13.2 Å². The van der Waals surface area contributed by atoms with Gasteiger partial charge in [-0.05, 0) is 58.8 Å². The van der Waals surface area contributed by atoms with E-state index in [1.165, 1.54) is 6.07 Å². The van der Waals surface area contributed by atoms with Gasteiger partial charge in [0.25, 0.3) is 0 Å². The SMILES string of the molecule is CCc1cc(C(F)(F)F)c(OCc2c(I)cccc2OC(=O)OC)cc1Cl. The Kier molecular flexibility index (Phi) is 7.21. The first kappa shape index (κ1) is 21.6. The van der Waals surface area contributed by atoms with E-state index in [0.717, 1.165) is 19.2 Å². The topological polar surface area (TPSA) is 44.8 Å². The molecule has 0 saturated carbocycles. The lowest BCUT2D eigenvalue weighted by Gasteiger charge is -2.17. The highest BCUT2D eigenvalue weighted by Gasteiger charge is 2.35. The average molecular weight is 515 g/mol. The Morgan fingerprint density at radius 3 is 2.52 bits per heavy atom. The summed E-state index contributed by atoms with van der Waals surface area (Å²) in [5.41, 5.74) is -0.127. The monoisotopic (exact) mass is 514 g/mol. The average Bonchev–Trinajstić information content (AvgIpc) is 2.60. The van der Waals surface area contributed by atoms with Crippen LogP contribution in [0.2, 0.25) is 5.02 Å². The highest BCUT2D eigenvalue weighted by molar-refractivity contribution is 14.1. The lowest BCUT2D eigenvalue weighted by Crippen LogP contribution is -2.12. The van der Waals surface area contributed by atoms with Crippen molar-refractivity contribution >= 4 is 40.3 Å². The number of aryl methyl sites for hydroxylation is 1. The quantitative estimate of drug-likeness (QED) is 0.269. The number of halogens is 5. The fourth-order valence-corrected chi connectivity index (χ4v) is 3.18.